The monoisotopic (exact) mass is 302 g/mol. The molecule has 2 aromatic rings. The first kappa shape index (κ1) is 13.5. The van der Waals surface area contributed by atoms with Crippen LogP contribution >= 0.6 is 0 Å². The van der Waals surface area contributed by atoms with Crippen molar-refractivity contribution in [1.82, 2.24) is 19.4 Å². The molecule has 22 heavy (non-hydrogen) atoms. The van der Waals surface area contributed by atoms with Crippen LogP contribution in [0, 0.1) is 0 Å². The van der Waals surface area contributed by atoms with Crippen LogP contribution in [0.4, 0.5) is 0 Å². The van der Waals surface area contributed by atoms with E-state index < -0.39 is 5.97 Å². The van der Waals surface area contributed by atoms with Gasteiger partial charge in [-0.05, 0) is 38.7 Å². The Balaban J connectivity index is 1.81. The van der Waals surface area contributed by atoms with E-state index in [0.717, 1.165) is 37.2 Å². The molecule has 2 saturated carbocycles. The van der Waals surface area contributed by atoms with Gasteiger partial charge in [-0.1, -0.05) is 0 Å². The number of ether oxygens (including phenoxy) is 1. The zero-order chi connectivity index (χ0) is 15.3. The maximum absolute atomic E-state index is 12.6. The molecule has 2 aromatic heterocycles. The van der Waals surface area contributed by atoms with Gasteiger partial charge in [0, 0.05) is 11.8 Å². The van der Waals surface area contributed by atoms with Crippen LogP contribution in [0.5, 0.6) is 0 Å². The van der Waals surface area contributed by atoms with E-state index >= 15 is 0 Å². The molecule has 0 amide bonds. The molecule has 0 radical (unpaired) electrons. The van der Waals surface area contributed by atoms with Gasteiger partial charge in [-0.15, -0.1) is 0 Å². The predicted octanol–water partition coefficient (Wildman–Crippen LogP) is 1.21. The fourth-order valence-corrected chi connectivity index (χ4v) is 2.68. The van der Waals surface area contributed by atoms with E-state index in [1.165, 1.54) is 4.68 Å². The molecule has 7 heteroatoms. The number of carbonyl (C=O) groups excluding carboxylic acids is 1. The van der Waals surface area contributed by atoms with E-state index in [0.29, 0.717) is 24.0 Å². The number of rotatable bonds is 5. The van der Waals surface area contributed by atoms with Gasteiger partial charge in [0.25, 0.3) is 5.56 Å². The topological polar surface area (TPSA) is 78.5 Å². The average molecular weight is 302 g/mol. The Morgan fingerprint density at radius 1 is 1.27 bits per heavy atom. The van der Waals surface area contributed by atoms with Gasteiger partial charge in [-0.2, -0.15) is 10.2 Å². The van der Waals surface area contributed by atoms with Crippen LogP contribution in [-0.2, 0) is 16.1 Å². The number of hydrogen-bond donors (Lipinski definition) is 0. The zero-order valence-electron chi connectivity index (χ0n) is 12.5. The summed E-state index contributed by atoms with van der Waals surface area (Å²) in [5.74, 6) is 1.16. The van der Waals surface area contributed by atoms with Crippen molar-refractivity contribution in [2.24, 2.45) is 0 Å². The first-order valence-corrected chi connectivity index (χ1v) is 7.83. The van der Waals surface area contributed by atoms with Crippen molar-refractivity contribution in [2.75, 3.05) is 6.61 Å². The van der Waals surface area contributed by atoms with Crippen LogP contribution in [-0.4, -0.2) is 32.0 Å². The lowest BCUT2D eigenvalue weighted by molar-refractivity contribution is -0.144. The van der Waals surface area contributed by atoms with Gasteiger partial charge in [0.05, 0.1) is 12.3 Å². The quantitative estimate of drug-likeness (QED) is 0.776. The Morgan fingerprint density at radius 2 is 2.00 bits per heavy atom. The third-order valence-electron chi connectivity index (χ3n) is 4.14. The number of hydrogen-bond acceptors (Lipinski definition) is 5. The Bertz CT molecular complexity index is 799. The van der Waals surface area contributed by atoms with Crippen molar-refractivity contribution in [3.8, 4) is 0 Å². The van der Waals surface area contributed by atoms with E-state index in [2.05, 4.69) is 10.2 Å². The molecule has 4 rings (SSSR count). The van der Waals surface area contributed by atoms with Gasteiger partial charge >= 0.3 is 5.97 Å². The molecule has 2 fully saturated rings. The number of nitrogens with zero attached hydrogens (tertiary/aromatic N) is 4. The maximum Gasteiger partial charge on any atom is 0.327 e. The van der Waals surface area contributed by atoms with Crippen molar-refractivity contribution in [3.63, 3.8) is 0 Å². The van der Waals surface area contributed by atoms with Gasteiger partial charge in [-0.25, -0.2) is 9.20 Å². The van der Waals surface area contributed by atoms with Crippen molar-refractivity contribution < 1.29 is 9.53 Å². The molecule has 0 atom stereocenters. The Morgan fingerprint density at radius 3 is 2.64 bits per heavy atom. The molecule has 0 bridgehead atoms. The first-order chi connectivity index (χ1) is 10.7. The molecular formula is C15H18N4O3. The Hall–Kier alpha value is -2.18. The third kappa shape index (κ3) is 2.30. The lowest BCUT2D eigenvalue weighted by atomic mass is 10.3. The van der Waals surface area contributed by atoms with Crippen LogP contribution < -0.4 is 5.56 Å². The molecule has 2 aliphatic rings. The highest BCUT2D eigenvalue weighted by Gasteiger charge is 2.32. The minimum atomic E-state index is -0.440. The summed E-state index contributed by atoms with van der Waals surface area (Å²) in [4.78, 5) is 24.2. The summed E-state index contributed by atoms with van der Waals surface area (Å²) in [7, 11) is 0. The molecule has 0 N–H and O–H groups in total. The first-order valence-electron chi connectivity index (χ1n) is 7.83. The zero-order valence-corrected chi connectivity index (χ0v) is 12.5. The molecular weight excluding hydrogens is 284 g/mol. The van der Waals surface area contributed by atoms with Crippen molar-refractivity contribution in [1.29, 1.82) is 0 Å². The number of carbonyl (C=O) groups is 1. The molecule has 2 aliphatic carbocycles. The smallest absolute Gasteiger partial charge is 0.327 e. The van der Waals surface area contributed by atoms with Crippen LogP contribution in [0.3, 0.4) is 0 Å². The summed E-state index contributed by atoms with van der Waals surface area (Å²) >= 11 is 0. The number of aromatic nitrogens is 4. The predicted molar refractivity (Wildman–Crippen MR) is 77.8 cm³/mol. The molecule has 116 valence electrons. The van der Waals surface area contributed by atoms with Crippen molar-refractivity contribution >= 4 is 11.5 Å². The van der Waals surface area contributed by atoms with Crippen molar-refractivity contribution in [2.45, 2.75) is 51.0 Å². The van der Waals surface area contributed by atoms with E-state index in [1.807, 2.05) is 6.07 Å². The van der Waals surface area contributed by atoms with Gasteiger partial charge in [-0.3, -0.25) is 9.59 Å². The summed E-state index contributed by atoms with van der Waals surface area (Å²) in [6, 6.07) is 1.86. The van der Waals surface area contributed by atoms with E-state index in [-0.39, 0.29) is 12.1 Å². The SMILES string of the molecule is CCOC(=O)Cn1nc(C2CC2)n2nc(C3CC3)cc2c1=O. The summed E-state index contributed by atoms with van der Waals surface area (Å²) in [5.41, 5.74) is 1.20. The second kappa shape index (κ2) is 4.93. The highest BCUT2D eigenvalue weighted by Crippen LogP contribution is 2.41. The Labute approximate surface area is 126 Å². The largest absolute Gasteiger partial charge is 0.465 e. The summed E-state index contributed by atoms with van der Waals surface area (Å²) in [5, 5.41) is 8.96. The van der Waals surface area contributed by atoms with Crippen LogP contribution in [0.2, 0.25) is 0 Å². The standard InChI is InChI=1S/C15H18N4O3/c1-2-22-13(20)8-18-15(21)12-7-11(9-3-4-9)16-19(12)14(17-18)10-5-6-10/h7,9-10H,2-6,8H2,1H3. The normalized spacial score (nSPS) is 17.9. The summed E-state index contributed by atoms with van der Waals surface area (Å²) in [6.45, 7) is 1.89. The molecule has 0 aliphatic heterocycles. The fourth-order valence-electron chi connectivity index (χ4n) is 2.68. The lowest BCUT2D eigenvalue weighted by Crippen LogP contribution is -2.30. The van der Waals surface area contributed by atoms with Gasteiger partial charge in [0.1, 0.15) is 12.1 Å². The minimum Gasteiger partial charge on any atom is -0.465 e. The van der Waals surface area contributed by atoms with Gasteiger partial charge in [0.2, 0.25) is 0 Å². The average Bonchev–Trinajstić information content (AvgIpc) is 3.39. The Kier molecular flexibility index (Phi) is 3.02. The van der Waals surface area contributed by atoms with Gasteiger partial charge < -0.3 is 4.74 Å². The molecule has 0 spiro atoms. The number of esters is 1. The van der Waals surface area contributed by atoms with Crippen LogP contribution in [0.25, 0.3) is 5.52 Å². The molecule has 0 aromatic carbocycles. The third-order valence-corrected chi connectivity index (χ3v) is 4.14. The highest BCUT2D eigenvalue weighted by atomic mass is 16.5. The molecule has 7 nitrogen and oxygen atoms in total. The van der Waals surface area contributed by atoms with Crippen LogP contribution in [0.15, 0.2) is 10.9 Å². The van der Waals surface area contributed by atoms with Gasteiger partial charge in [0.15, 0.2) is 5.82 Å². The maximum atomic E-state index is 12.6. The summed E-state index contributed by atoms with van der Waals surface area (Å²) < 4.78 is 7.83. The van der Waals surface area contributed by atoms with E-state index in [4.69, 9.17) is 4.74 Å². The number of fused-ring (bicyclic) bond motifs is 1. The van der Waals surface area contributed by atoms with Crippen LogP contribution in [0.1, 0.15) is 56.0 Å². The molecule has 2 heterocycles. The van der Waals surface area contributed by atoms with E-state index in [9.17, 15) is 9.59 Å². The molecule has 0 unspecified atom stereocenters. The lowest BCUT2D eigenvalue weighted by Gasteiger charge is -2.08. The summed E-state index contributed by atoms with van der Waals surface area (Å²) in [6.07, 6.45) is 4.37. The second-order valence-electron chi connectivity index (χ2n) is 6.04. The highest BCUT2D eigenvalue weighted by molar-refractivity contribution is 5.69. The fraction of sp³-hybridized carbons (Fsp3) is 0.600. The minimum absolute atomic E-state index is 0.146. The van der Waals surface area contributed by atoms with Crippen molar-refractivity contribution in [3.05, 3.63) is 27.9 Å². The molecule has 0 saturated heterocycles. The second-order valence-corrected chi connectivity index (χ2v) is 6.04. The van der Waals surface area contributed by atoms with E-state index in [1.54, 1.807) is 11.4 Å².